The minimum atomic E-state index is -3.58. The number of amides is 1. The molecule has 0 aliphatic heterocycles. The fraction of sp³-hybridized carbons (Fsp3) is 0.278. The van der Waals surface area contributed by atoms with Crippen molar-refractivity contribution in [1.29, 1.82) is 0 Å². The first kappa shape index (κ1) is 17.2. The van der Waals surface area contributed by atoms with Crippen LogP contribution in [0.5, 0.6) is 0 Å². The average Bonchev–Trinajstić information content (AvgIpc) is 2.45. The van der Waals surface area contributed by atoms with Crippen LogP contribution in [0.1, 0.15) is 29.8 Å². The Morgan fingerprint density at radius 2 is 1.70 bits per heavy atom. The molecule has 1 N–H and O–H groups in total. The van der Waals surface area contributed by atoms with Crippen LogP contribution in [0.15, 0.2) is 48.5 Å². The van der Waals surface area contributed by atoms with Gasteiger partial charge in [0.2, 0.25) is 10.0 Å². The summed E-state index contributed by atoms with van der Waals surface area (Å²) >= 11 is 0. The lowest BCUT2D eigenvalue weighted by molar-refractivity contribution is 0.0980. The van der Waals surface area contributed by atoms with E-state index >= 15 is 0 Å². The standard InChI is InChI=1S/C18H21NO3S/c1-13(2)11-16-12-15(14-7-5-4-6-8-14)9-10-17(16)18(20)19-23(3,21)22/h4-10,12-13H,11H2,1-3H3,(H,19,20). The van der Waals surface area contributed by atoms with Crippen molar-refractivity contribution in [2.45, 2.75) is 20.3 Å². The monoisotopic (exact) mass is 331 g/mol. The van der Waals surface area contributed by atoms with Gasteiger partial charge in [-0.1, -0.05) is 56.3 Å². The van der Waals surface area contributed by atoms with Crippen LogP contribution in [0.2, 0.25) is 0 Å². The zero-order valence-corrected chi connectivity index (χ0v) is 14.4. The van der Waals surface area contributed by atoms with E-state index in [9.17, 15) is 13.2 Å². The average molecular weight is 331 g/mol. The van der Waals surface area contributed by atoms with E-state index in [-0.39, 0.29) is 0 Å². The molecule has 5 heteroatoms. The molecule has 122 valence electrons. The van der Waals surface area contributed by atoms with Gasteiger partial charge in [-0.05, 0) is 35.1 Å². The van der Waals surface area contributed by atoms with Gasteiger partial charge in [0, 0.05) is 5.56 Å². The Bertz CT molecular complexity index is 796. The number of sulfonamides is 1. The van der Waals surface area contributed by atoms with Gasteiger partial charge in [0.25, 0.3) is 5.91 Å². The maximum absolute atomic E-state index is 12.2. The summed E-state index contributed by atoms with van der Waals surface area (Å²) in [5, 5.41) is 0. The van der Waals surface area contributed by atoms with Crippen molar-refractivity contribution in [3.63, 3.8) is 0 Å². The normalized spacial score (nSPS) is 11.5. The molecule has 0 unspecified atom stereocenters. The summed E-state index contributed by atoms with van der Waals surface area (Å²) < 4.78 is 24.7. The van der Waals surface area contributed by atoms with Gasteiger partial charge in [-0.3, -0.25) is 4.79 Å². The highest BCUT2D eigenvalue weighted by atomic mass is 32.2. The first-order valence-electron chi connectivity index (χ1n) is 7.47. The summed E-state index contributed by atoms with van der Waals surface area (Å²) in [5.74, 6) is -0.228. The van der Waals surface area contributed by atoms with Gasteiger partial charge in [-0.2, -0.15) is 0 Å². The fourth-order valence-corrected chi connectivity index (χ4v) is 2.90. The predicted molar refractivity (Wildman–Crippen MR) is 92.7 cm³/mol. The second-order valence-electron chi connectivity index (χ2n) is 6.04. The molecule has 1 amide bonds. The third-order valence-electron chi connectivity index (χ3n) is 3.36. The third-order valence-corrected chi connectivity index (χ3v) is 3.92. The molecule has 0 aromatic heterocycles. The van der Waals surface area contributed by atoms with Gasteiger partial charge < -0.3 is 0 Å². The molecule has 0 aliphatic carbocycles. The van der Waals surface area contributed by atoms with E-state index in [0.717, 1.165) is 22.9 Å². The van der Waals surface area contributed by atoms with E-state index < -0.39 is 15.9 Å². The molecule has 2 aromatic rings. The molecular formula is C18H21NO3S. The maximum atomic E-state index is 12.2. The fourth-order valence-electron chi connectivity index (χ4n) is 2.46. The number of nitrogens with one attached hydrogen (secondary N) is 1. The third kappa shape index (κ3) is 4.93. The number of hydrogen-bond acceptors (Lipinski definition) is 3. The second-order valence-corrected chi connectivity index (χ2v) is 7.79. The number of rotatable bonds is 5. The first-order chi connectivity index (χ1) is 10.8. The molecule has 0 saturated carbocycles. The Morgan fingerprint density at radius 1 is 1.04 bits per heavy atom. The number of benzene rings is 2. The second kappa shape index (κ2) is 6.96. The lowest BCUT2D eigenvalue weighted by Crippen LogP contribution is -2.30. The molecule has 4 nitrogen and oxygen atoms in total. The van der Waals surface area contributed by atoms with Crippen molar-refractivity contribution >= 4 is 15.9 Å². The molecule has 0 spiro atoms. The van der Waals surface area contributed by atoms with Crippen molar-refractivity contribution in [3.05, 3.63) is 59.7 Å². The predicted octanol–water partition coefficient (Wildman–Crippen LogP) is 3.24. The molecular weight excluding hydrogens is 310 g/mol. The van der Waals surface area contributed by atoms with Crippen molar-refractivity contribution in [3.8, 4) is 11.1 Å². The Hall–Kier alpha value is -2.14. The molecule has 0 heterocycles. The molecule has 0 radical (unpaired) electrons. The molecule has 0 saturated heterocycles. The molecule has 2 aromatic carbocycles. The van der Waals surface area contributed by atoms with Crippen LogP contribution in [-0.4, -0.2) is 20.6 Å². The van der Waals surface area contributed by atoms with Crippen molar-refractivity contribution in [2.75, 3.05) is 6.26 Å². The first-order valence-corrected chi connectivity index (χ1v) is 9.36. The molecule has 0 bridgehead atoms. The summed E-state index contributed by atoms with van der Waals surface area (Å²) in [7, 11) is -3.58. The van der Waals surface area contributed by atoms with E-state index in [1.54, 1.807) is 6.07 Å². The topological polar surface area (TPSA) is 63.2 Å². The lowest BCUT2D eigenvalue weighted by Gasteiger charge is -2.13. The van der Waals surface area contributed by atoms with E-state index in [1.165, 1.54) is 0 Å². The Morgan fingerprint density at radius 3 is 2.26 bits per heavy atom. The largest absolute Gasteiger partial charge is 0.268 e. The quantitative estimate of drug-likeness (QED) is 0.915. The van der Waals surface area contributed by atoms with Crippen molar-refractivity contribution in [2.24, 2.45) is 5.92 Å². The van der Waals surface area contributed by atoms with Crippen LogP contribution < -0.4 is 4.72 Å². The van der Waals surface area contributed by atoms with Crippen LogP contribution in [0, 0.1) is 5.92 Å². The van der Waals surface area contributed by atoms with Crippen LogP contribution in [0.25, 0.3) is 11.1 Å². The minimum absolute atomic E-state index is 0.353. The van der Waals surface area contributed by atoms with Crippen molar-refractivity contribution < 1.29 is 13.2 Å². The van der Waals surface area contributed by atoms with Crippen LogP contribution in [0.4, 0.5) is 0 Å². The summed E-state index contributed by atoms with van der Waals surface area (Å²) in [6.45, 7) is 4.13. The van der Waals surface area contributed by atoms with Gasteiger partial charge in [0.1, 0.15) is 0 Å². The highest BCUT2D eigenvalue weighted by Gasteiger charge is 2.16. The van der Waals surface area contributed by atoms with Crippen molar-refractivity contribution in [1.82, 2.24) is 4.72 Å². The lowest BCUT2D eigenvalue weighted by atomic mass is 9.93. The minimum Gasteiger partial charge on any atom is -0.268 e. The van der Waals surface area contributed by atoms with Crippen LogP contribution >= 0.6 is 0 Å². The van der Waals surface area contributed by atoms with E-state index in [0.29, 0.717) is 17.9 Å². The van der Waals surface area contributed by atoms with Crippen LogP contribution in [0.3, 0.4) is 0 Å². The smallest absolute Gasteiger partial charge is 0.264 e. The van der Waals surface area contributed by atoms with E-state index in [1.807, 2.05) is 47.2 Å². The number of carbonyl (C=O) groups is 1. The summed E-state index contributed by atoms with van der Waals surface area (Å²) in [6.07, 6.45) is 1.68. The highest BCUT2D eigenvalue weighted by Crippen LogP contribution is 2.24. The molecule has 0 aliphatic rings. The number of carbonyl (C=O) groups excluding carboxylic acids is 1. The Balaban J connectivity index is 2.45. The van der Waals surface area contributed by atoms with E-state index in [4.69, 9.17) is 0 Å². The summed E-state index contributed by atoms with van der Waals surface area (Å²) in [4.78, 5) is 12.2. The Labute approximate surface area is 137 Å². The zero-order valence-electron chi connectivity index (χ0n) is 13.5. The summed E-state index contributed by atoms with van der Waals surface area (Å²) in [5.41, 5.74) is 3.33. The molecule has 2 rings (SSSR count). The molecule has 23 heavy (non-hydrogen) atoms. The van der Waals surface area contributed by atoms with Gasteiger partial charge in [-0.25, -0.2) is 13.1 Å². The summed E-state index contributed by atoms with van der Waals surface area (Å²) in [6, 6.07) is 15.4. The SMILES string of the molecule is CC(C)Cc1cc(-c2ccccc2)ccc1C(=O)NS(C)(=O)=O. The molecule has 0 atom stereocenters. The molecule has 0 fully saturated rings. The van der Waals surface area contributed by atoms with Gasteiger partial charge >= 0.3 is 0 Å². The van der Waals surface area contributed by atoms with Gasteiger partial charge in [0.15, 0.2) is 0 Å². The Kier molecular flexibility index (Phi) is 5.21. The number of hydrogen-bond donors (Lipinski definition) is 1. The maximum Gasteiger partial charge on any atom is 0.264 e. The zero-order chi connectivity index (χ0) is 17.0. The van der Waals surface area contributed by atoms with Crippen LogP contribution in [-0.2, 0) is 16.4 Å². The van der Waals surface area contributed by atoms with Gasteiger partial charge in [-0.15, -0.1) is 0 Å². The van der Waals surface area contributed by atoms with Gasteiger partial charge in [0.05, 0.1) is 6.26 Å². The van der Waals surface area contributed by atoms with E-state index in [2.05, 4.69) is 13.8 Å². The highest BCUT2D eigenvalue weighted by molar-refractivity contribution is 7.89.